The molecule has 2 aliphatic heterocycles. The lowest BCUT2D eigenvalue weighted by Gasteiger charge is -2.25. The van der Waals surface area contributed by atoms with Crippen LogP contribution < -0.4 is 15.8 Å². The van der Waals surface area contributed by atoms with Crippen molar-refractivity contribution in [3.05, 3.63) is 59.9 Å². The number of hydrogen-bond donors (Lipinski definition) is 2. The normalized spacial score (nSPS) is 16.8. The fourth-order valence-electron chi connectivity index (χ4n) is 4.58. The zero-order valence-electron chi connectivity index (χ0n) is 27.6. The van der Waals surface area contributed by atoms with Crippen LogP contribution in [0, 0.1) is 0 Å². The van der Waals surface area contributed by atoms with Crippen molar-refractivity contribution in [2.75, 3.05) is 64.2 Å². The Morgan fingerprint density at radius 2 is 1.81 bits per heavy atom. The van der Waals surface area contributed by atoms with Gasteiger partial charge in [-0.1, -0.05) is 24.3 Å². The van der Waals surface area contributed by atoms with Crippen LogP contribution in [-0.4, -0.2) is 100 Å². The van der Waals surface area contributed by atoms with Crippen LogP contribution in [0.3, 0.4) is 0 Å². The number of hydrogen-bond acceptors (Lipinski definition) is 11. The molecule has 1 atom stereocenters. The minimum atomic E-state index is -1.54. The number of ether oxygens (including phenoxy) is 4. The summed E-state index contributed by atoms with van der Waals surface area (Å²) in [5.41, 5.74) is 7.27. The van der Waals surface area contributed by atoms with Crippen molar-refractivity contribution in [1.82, 2.24) is 19.2 Å². The van der Waals surface area contributed by atoms with Crippen LogP contribution >= 0.6 is 0 Å². The van der Waals surface area contributed by atoms with Crippen LogP contribution in [0.15, 0.2) is 53.6 Å². The average Bonchev–Trinajstić information content (AvgIpc) is 3.05. The van der Waals surface area contributed by atoms with Gasteiger partial charge in [-0.3, -0.25) is 4.79 Å². The SMILES string of the molecule is CN(Cc1cccc2c1OCCOCCOCCN(CCC=O)S(=O)c1ccc(cc1)-c1cnc(N)c(n1)C(=O)N2)C(=O)OC(C)(C)C. The minimum Gasteiger partial charge on any atom is -0.489 e. The Hall–Kier alpha value is -4.44. The van der Waals surface area contributed by atoms with E-state index in [2.05, 4.69) is 15.3 Å². The van der Waals surface area contributed by atoms with Gasteiger partial charge in [-0.2, -0.15) is 0 Å². The van der Waals surface area contributed by atoms with Crippen LogP contribution in [0.1, 0.15) is 43.2 Å². The first kappa shape index (κ1) is 36.4. The van der Waals surface area contributed by atoms with Gasteiger partial charge in [-0.05, 0) is 39.0 Å². The summed E-state index contributed by atoms with van der Waals surface area (Å²) in [4.78, 5) is 48.0. The predicted molar refractivity (Wildman–Crippen MR) is 180 cm³/mol. The van der Waals surface area contributed by atoms with Gasteiger partial charge in [0.2, 0.25) is 0 Å². The number of nitrogens with two attached hydrogens (primary N) is 1. The predicted octanol–water partition coefficient (Wildman–Crippen LogP) is 3.68. The van der Waals surface area contributed by atoms with Gasteiger partial charge in [-0.15, -0.1) is 0 Å². The molecule has 3 aromatic rings. The molecule has 14 nitrogen and oxygen atoms in total. The molecule has 2 aliphatic rings. The van der Waals surface area contributed by atoms with E-state index in [1.165, 1.54) is 11.1 Å². The van der Waals surface area contributed by atoms with Gasteiger partial charge in [0.15, 0.2) is 11.5 Å². The molecule has 0 radical (unpaired) electrons. The highest BCUT2D eigenvalue weighted by Crippen LogP contribution is 2.31. The molecule has 1 aromatic heterocycles. The van der Waals surface area contributed by atoms with Crippen molar-refractivity contribution in [3.63, 3.8) is 0 Å². The summed E-state index contributed by atoms with van der Waals surface area (Å²) in [5, 5.41) is 2.84. The number of rotatable bonds is 5. The highest BCUT2D eigenvalue weighted by Gasteiger charge is 2.23. The zero-order chi connectivity index (χ0) is 34.7. The Balaban J connectivity index is 1.65. The van der Waals surface area contributed by atoms with Gasteiger partial charge in [0.25, 0.3) is 5.91 Å². The summed E-state index contributed by atoms with van der Waals surface area (Å²) >= 11 is 0. The molecule has 5 rings (SSSR count). The quantitative estimate of drug-likeness (QED) is 0.297. The number of nitrogen functional groups attached to an aromatic ring is 1. The number of aromatic nitrogens is 2. The summed E-state index contributed by atoms with van der Waals surface area (Å²) in [7, 11) is 0.0651. The zero-order valence-corrected chi connectivity index (χ0v) is 28.4. The Morgan fingerprint density at radius 1 is 1.10 bits per heavy atom. The summed E-state index contributed by atoms with van der Waals surface area (Å²) < 4.78 is 38.0. The number of nitrogens with zero attached hydrogens (tertiary/aromatic N) is 4. The molecule has 0 aliphatic carbocycles. The molecule has 3 N–H and O–H groups in total. The molecule has 4 bridgehead atoms. The van der Waals surface area contributed by atoms with Crippen molar-refractivity contribution in [3.8, 4) is 17.0 Å². The fourth-order valence-corrected chi connectivity index (χ4v) is 5.76. The fraction of sp³-hybridized carbons (Fsp3) is 0.424. The van der Waals surface area contributed by atoms with Gasteiger partial charge in [0.1, 0.15) is 35.2 Å². The molecule has 3 heterocycles. The highest BCUT2D eigenvalue weighted by molar-refractivity contribution is 7.82. The second-order valence-electron chi connectivity index (χ2n) is 11.8. The maximum atomic E-state index is 13.6. The third kappa shape index (κ3) is 10.3. The van der Waals surface area contributed by atoms with Crippen LogP contribution in [0.2, 0.25) is 0 Å². The average molecular weight is 683 g/mol. The molecule has 1 unspecified atom stereocenters. The van der Waals surface area contributed by atoms with Gasteiger partial charge >= 0.3 is 6.09 Å². The van der Waals surface area contributed by atoms with Crippen molar-refractivity contribution >= 4 is 40.8 Å². The van der Waals surface area contributed by atoms with E-state index in [0.29, 0.717) is 52.8 Å². The summed E-state index contributed by atoms with van der Waals surface area (Å²) in [5.74, 6) is -0.360. The number of carbonyl (C=O) groups is 3. The third-order valence-electron chi connectivity index (χ3n) is 6.89. The molecule has 2 amide bonds. The first-order valence-electron chi connectivity index (χ1n) is 15.5. The lowest BCUT2D eigenvalue weighted by molar-refractivity contribution is -0.108. The van der Waals surface area contributed by atoms with E-state index in [0.717, 1.165) is 6.29 Å². The number of fused-ring (bicyclic) bond motifs is 13. The van der Waals surface area contributed by atoms with E-state index in [1.807, 2.05) is 0 Å². The number of amides is 2. The van der Waals surface area contributed by atoms with Crippen LogP contribution in [0.25, 0.3) is 11.3 Å². The Labute approximate surface area is 282 Å². The van der Waals surface area contributed by atoms with Crippen LogP contribution in [0.5, 0.6) is 5.75 Å². The lowest BCUT2D eigenvalue weighted by atomic mass is 10.1. The number of aldehydes is 1. The molecule has 0 saturated carbocycles. The van der Waals surface area contributed by atoms with E-state index in [9.17, 15) is 18.6 Å². The second kappa shape index (κ2) is 17.1. The first-order valence-corrected chi connectivity index (χ1v) is 16.6. The molecule has 2 aromatic carbocycles. The smallest absolute Gasteiger partial charge is 0.410 e. The molecule has 0 fully saturated rings. The van der Waals surface area contributed by atoms with Crippen LogP contribution in [-0.2, 0) is 36.5 Å². The second-order valence-corrected chi connectivity index (χ2v) is 13.3. The Bertz CT molecular complexity index is 1600. The van der Waals surface area contributed by atoms with Gasteiger partial charge in [0, 0.05) is 37.7 Å². The molecule has 258 valence electrons. The van der Waals surface area contributed by atoms with Crippen molar-refractivity contribution in [2.24, 2.45) is 0 Å². The van der Waals surface area contributed by atoms with E-state index in [1.54, 1.807) is 74.6 Å². The van der Waals surface area contributed by atoms with E-state index in [-0.39, 0.29) is 50.9 Å². The summed E-state index contributed by atoms with van der Waals surface area (Å²) in [6, 6.07) is 12.0. The van der Waals surface area contributed by atoms with Gasteiger partial charge in [0.05, 0.1) is 55.4 Å². The minimum absolute atomic E-state index is 0.0758. The number of nitrogens with one attached hydrogen (secondary N) is 1. The lowest BCUT2D eigenvalue weighted by Crippen LogP contribution is -2.34. The molecular weight excluding hydrogens is 640 g/mol. The van der Waals surface area contributed by atoms with Crippen LogP contribution in [0.4, 0.5) is 16.3 Å². The van der Waals surface area contributed by atoms with Crippen molar-refractivity contribution in [2.45, 2.75) is 44.2 Å². The van der Waals surface area contributed by atoms with Crippen molar-refractivity contribution in [1.29, 1.82) is 0 Å². The first-order chi connectivity index (χ1) is 23.0. The van der Waals surface area contributed by atoms with E-state index < -0.39 is 28.6 Å². The molecular formula is C33H42N6O8S. The number of para-hydroxylation sites is 1. The molecule has 0 spiro atoms. The summed E-state index contributed by atoms with van der Waals surface area (Å²) in [6.45, 7) is 7.32. The number of benzene rings is 2. The number of carbonyl (C=O) groups excluding carboxylic acids is 3. The number of anilines is 2. The maximum absolute atomic E-state index is 13.6. The molecule has 48 heavy (non-hydrogen) atoms. The maximum Gasteiger partial charge on any atom is 0.410 e. The summed E-state index contributed by atoms with van der Waals surface area (Å²) in [6.07, 6.45) is 1.94. The van der Waals surface area contributed by atoms with Gasteiger partial charge in [-0.25, -0.2) is 23.3 Å². The third-order valence-corrected chi connectivity index (χ3v) is 8.40. The van der Waals surface area contributed by atoms with Crippen molar-refractivity contribution < 1.29 is 37.5 Å². The highest BCUT2D eigenvalue weighted by atomic mass is 32.2. The standard InChI is InChI=1S/C33H42N6O8S/c1-33(2,3)47-32(42)38(4)22-24-7-5-8-26-29(24)46-20-19-45-18-17-44-16-14-39(13-6-15-40)48(43)25-11-9-23(10-12-25)27-21-35-30(34)28(36-27)31(41)37-26/h5,7-12,15,21H,6,13-14,16-20,22H2,1-4H3,(H2,34,35)(H,37,41). The largest absolute Gasteiger partial charge is 0.489 e. The van der Waals surface area contributed by atoms with E-state index in [4.69, 9.17) is 24.7 Å². The monoisotopic (exact) mass is 682 g/mol. The topological polar surface area (TPSA) is 176 Å². The molecule has 15 heteroatoms. The van der Waals surface area contributed by atoms with Gasteiger partial charge < -0.3 is 39.7 Å². The van der Waals surface area contributed by atoms with E-state index >= 15 is 0 Å². The Kier molecular flexibility index (Phi) is 13.0. The molecule has 0 saturated heterocycles. The Morgan fingerprint density at radius 3 is 2.52 bits per heavy atom.